The van der Waals surface area contributed by atoms with Gasteiger partial charge in [0, 0.05) is 34.2 Å². The van der Waals surface area contributed by atoms with Crippen molar-refractivity contribution in [1.82, 2.24) is 4.57 Å². The molecule has 2 aromatic carbocycles. The van der Waals surface area contributed by atoms with Gasteiger partial charge in [-0.15, -0.1) is 0 Å². The van der Waals surface area contributed by atoms with Gasteiger partial charge in [0.15, 0.2) is 0 Å². The molecule has 0 fully saturated rings. The fourth-order valence-corrected chi connectivity index (χ4v) is 2.73. The molecule has 0 saturated heterocycles. The summed E-state index contributed by atoms with van der Waals surface area (Å²) in [4.78, 5) is 0. The number of nitrogens with zero attached hydrogens (tertiary/aromatic N) is 2. The summed E-state index contributed by atoms with van der Waals surface area (Å²) in [5.41, 5.74) is 8.50. The molecule has 0 spiro atoms. The number of hydrogen-bond acceptors (Lipinski definition) is 2. The predicted molar refractivity (Wildman–Crippen MR) is 95.1 cm³/mol. The van der Waals surface area contributed by atoms with E-state index in [1.165, 1.54) is 16.6 Å². The Labute approximate surface area is 135 Å². The molecule has 0 amide bonds. The van der Waals surface area contributed by atoms with Gasteiger partial charge in [0.1, 0.15) is 0 Å². The zero-order valence-corrected chi connectivity index (χ0v) is 13.6. The number of benzene rings is 2. The maximum Gasteiger partial charge on any atom is 0.0576 e. The lowest BCUT2D eigenvalue weighted by Crippen LogP contribution is -1.94. The highest BCUT2D eigenvalue weighted by atomic mass is 35.5. The van der Waals surface area contributed by atoms with Crippen LogP contribution < -0.4 is 5.43 Å². The number of anilines is 1. The fraction of sp³-hybridized carbons (Fsp3) is 0.167. The van der Waals surface area contributed by atoms with E-state index in [1.807, 2.05) is 37.4 Å². The molecule has 0 saturated carbocycles. The minimum absolute atomic E-state index is 0.738. The van der Waals surface area contributed by atoms with Gasteiger partial charge in [-0.3, -0.25) is 5.43 Å². The molecule has 0 bridgehead atoms. The quantitative estimate of drug-likeness (QED) is 0.541. The second kappa shape index (κ2) is 5.85. The van der Waals surface area contributed by atoms with E-state index >= 15 is 0 Å². The molecule has 0 radical (unpaired) electrons. The monoisotopic (exact) mass is 311 g/mol. The van der Waals surface area contributed by atoms with E-state index in [4.69, 9.17) is 11.6 Å². The van der Waals surface area contributed by atoms with Gasteiger partial charge in [0.25, 0.3) is 0 Å². The molecule has 0 unspecified atom stereocenters. The molecule has 3 nitrogen and oxygen atoms in total. The van der Waals surface area contributed by atoms with E-state index in [2.05, 4.69) is 47.3 Å². The highest BCUT2D eigenvalue weighted by Gasteiger charge is 2.09. The van der Waals surface area contributed by atoms with Gasteiger partial charge >= 0.3 is 0 Å². The van der Waals surface area contributed by atoms with Gasteiger partial charge in [-0.05, 0) is 37.6 Å². The standard InChI is InChI=1S/C18H18ClN3/c1-12-8-9-14(10-17(12)19)21-20-11-16-13(2)22(3)18-7-5-4-6-15(16)18/h4-11,21H,1-3H3/b20-11+. The van der Waals surface area contributed by atoms with Gasteiger partial charge in [0.05, 0.1) is 11.9 Å². The minimum atomic E-state index is 0.738. The van der Waals surface area contributed by atoms with Crippen LogP contribution in [0.15, 0.2) is 47.6 Å². The van der Waals surface area contributed by atoms with Gasteiger partial charge in [0.2, 0.25) is 0 Å². The maximum absolute atomic E-state index is 6.12. The molecular formula is C18H18ClN3. The lowest BCUT2D eigenvalue weighted by molar-refractivity contribution is 0.916. The summed E-state index contributed by atoms with van der Waals surface area (Å²) >= 11 is 6.12. The molecule has 1 N–H and O–H groups in total. The number of aromatic nitrogens is 1. The van der Waals surface area contributed by atoms with Crippen molar-refractivity contribution in [3.63, 3.8) is 0 Å². The Morgan fingerprint density at radius 2 is 1.91 bits per heavy atom. The molecule has 3 rings (SSSR count). The Morgan fingerprint density at radius 3 is 2.68 bits per heavy atom. The summed E-state index contributed by atoms with van der Waals surface area (Å²) in [6.45, 7) is 4.08. The first-order valence-corrected chi connectivity index (χ1v) is 7.55. The Bertz CT molecular complexity index is 862. The number of hydrogen-bond donors (Lipinski definition) is 1. The van der Waals surface area contributed by atoms with Crippen molar-refractivity contribution in [2.45, 2.75) is 13.8 Å². The van der Waals surface area contributed by atoms with Crippen LogP contribution in [-0.4, -0.2) is 10.8 Å². The van der Waals surface area contributed by atoms with Crippen LogP contribution in [0.4, 0.5) is 5.69 Å². The van der Waals surface area contributed by atoms with E-state index in [9.17, 15) is 0 Å². The van der Waals surface area contributed by atoms with E-state index < -0.39 is 0 Å². The third-order valence-corrected chi connectivity index (χ3v) is 4.41. The molecule has 22 heavy (non-hydrogen) atoms. The summed E-state index contributed by atoms with van der Waals surface area (Å²) < 4.78 is 2.18. The largest absolute Gasteiger partial charge is 0.347 e. The van der Waals surface area contributed by atoms with Crippen molar-refractivity contribution in [2.75, 3.05) is 5.43 Å². The molecular weight excluding hydrogens is 294 g/mol. The lowest BCUT2D eigenvalue weighted by atomic mass is 10.1. The lowest BCUT2D eigenvalue weighted by Gasteiger charge is -2.03. The van der Waals surface area contributed by atoms with Crippen LogP contribution in [0.5, 0.6) is 0 Å². The van der Waals surface area contributed by atoms with Crippen molar-refractivity contribution in [2.24, 2.45) is 12.1 Å². The minimum Gasteiger partial charge on any atom is -0.347 e. The molecule has 0 aliphatic carbocycles. The first-order chi connectivity index (χ1) is 10.6. The molecule has 1 aromatic heterocycles. The normalized spacial score (nSPS) is 11.5. The van der Waals surface area contributed by atoms with Crippen molar-refractivity contribution >= 4 is 34.4 Å². The topological polar surface area (TPSA) is 29.3 Å². The third kappa shape index (κ3) is 2.60. The number of para-hydroxylation sites is 1. The van der Waals surface area contributed by atoms with Crippen molar-refractivity contribution < 1.29 is 0 Å². The van der Waals surface area contributed by atoms with Crippen molar-refractivity contribution in [3.05, 3.63) is 64.3 Å². The van der Waals surface area contributed by atoms with E-state index in [0.29, 0.717) is 0 Å². The molecule has 3 aromatic rings. The first kappa shape index (κ1) is 14.7. The second-order valence-corrected chi connectivity index (χ2v) is 5.82. The number of halogens is 1. The van der Waals surface area contributed by atoms with Gasteiger partial charge in [-0.25, -0.2) is 0 Å². The Balaban J connectivity index is 1.90. The Kier molecular flexibility index (Phi) is 3.90. The zero-order chi connectivity index (χ0) is 15.7. The Hall–Kier alpha value is -2.26. The molecule has 0 aliphatic heterocycles. The van der Waals surface area contributed by atoms with Crippen LogP contribution in [0.1, 0.15) is 16.8 Å². The summed E-state index contributed by atoms with van der Waals surface area (Å²) in [6.07, 6.45) is 1.87. The van der Waals surface area contributed by atoms with E-state index in [1.54, 1.807) is 0 Å². The van der Waals surface area contributed by atoms with Crippen LogP contribution in [0.25, 0.3) is 10.9 Å². The molecule has 0 atom stereocenters. The SMILES string of the molecule is Cc1ccc(N/N=C/c2c(C)n(C)c3ccccc23)cc1Cl. The summed E-state index contributed by atoms with van der Waals surface area (Å²) in [7, 11) is 2.07. The van der Waals surface area contributed by atoms with Crippen LogP contribution in [0.3, 0.4) is 0 Å². The van der Waals surface area contributed by atoms with Crippen molar-refractivity contribution in [3.8, 4) is 0 Å². The van der Waals surface area contributed by atoms with Gasteiger partial charge in [-0.1, -0.05) is 35.9 Å². The molecule has 0 aliphatic rings. The maximum atomic E-state index is 6.12. The van der Waals surface area contributed by atoms with E-state index in [-0.39, 0.29) is 0 Å². The van der Waals surface area contributed by atoms with Crippen LogP contribution in [0, 0.1) is 13.8 Å². The highest BCUT2D eigenvalue weighted by molar-refractivity contribution is 6.31. The predicted octanol–water partition coefficient (Wildman–Crippen LogP) is 4.89. The molecule has 1 heterocycles. The number of hydrazone groups is 1. The van der Waals surface area contributed by atoms with Gasteiger partial charge < -0.3 is 4.57 Å². The number of aryl methyl sites for hydroxylation is 2. The first-order valence-electron chi connectivity index (χ1n) is 7.17. The van der Waals surface area contributed by atoms with Crippen LogP contribution >= 0.6 is 11.6 Å². The number of nitrogens with one attached hydrogen (secondary N) is 1. The van der Waals surface area contributed by atoms with Crippen molar-refractivity contribution in [1.29, 1.82) is 0 Å². The Morgan fingerprint density at radius 1 is 1.14 bits per heavy atom. The molecule has 112 valence electrons. The van der Waals surface area contributed by atoms with E-state index in [0.717, 1.165) is 21.8 Å². The summed E-state index contributed by atoms with van der Waals surface area (Å²) in [6, 6.07) is 14.2. The number of fused-ring (bicyclic) bond motifs is 1. The third-order valence-electron chi connectivity index (χ3n) is 4.01. The summed E-state index contributed by atoms with van der Waals surface area (Å²) in [5.74, 6) is 0. The van der Waals surface area contributed by atoms with Crippen LogP contribution in [0.2, 0.25) is 5.02 Å². The zero-order valence-electron chi connectivity index (χ0n) is 12.9. The average molecular weight is 312 g/mol. The number of rotatable bonds is 3. The average Bonchev–Trinajstić information content (AvgIpc) is 2.76. The fourth-order valence-electron chi connectivity index (χ4n) is 2.55. The van der Waals surface area contributed by atoms with Crippen LogP contribution in [-0.2, 0) is 7.05 Å². The summed E-state index contributed by atoms with van der Waals surface area (Å²) in [5, 5.41) is 6.30. The highest BCUT2D eigenvalue weighted by Crippen LogP contribution is 2.23. The van der Waals surface area contributed by atoms with Gasteiger partial charge in [-0.2, -0.15) is 5.10 Å². The second-order valence-electron chi connectivity index (χ2n) is 5.41. The smallest absolute Gasteiger partial charge is 0.0576 e. The molecule has 4 heteroatoms.